The number of nitrogens with one attached hydrogen (secondary N) is 1. The number of ether oxygens (including phenoxy) is 2. The number of carbonyl (C=O) groups is 2. The predicted octanol–water partition coefficient (Wildman–Crippen LogP) is 4.14. The van der Waals surface area contributed by atoms with Crippen LogP contribution in [0.4, 0.5) is 0 Å². The van der Waals surface area contributed by atoms with Gasteiger partial charge in [-0.3, -0.25) is 9.59 Å². The summed E-state index contributed by atoms with van der Waals surface area (Å²) in [6.07, 6.45) is 4.33. The van der Waals surface area contributed by atoms with Crippen LogP contribution in [-0.2, 0) is 16.0 Å². The van der Waals surface area contributed by atoms with Gasteiger partial charge in [0.2, 0.25) is 5.91 Å². The van der Waals surface area contributed by atoms with Crippen LogP contribution < -0.4 is 10.1 Å². The molecular formula is C30H33ClN4O5. The maximum absolute atomic E-state index is 13.5. The van der Waals surface area contributed by atoms with E-state index in [1.807, 2.05) is 19.1 Å². The Morgan fingerprint density at radius 3 is 2.80 bits per heavy atom. The molecule has 0 radical (unpaired) electrons. The Morgan fingerprint density at radius 1 is 1.25 bits per heavy atom. The van der Waals surface area contributed by atoms with Gasteiger partial charge in [-0.05, 0) is 55.0 Å². The van der Waals surface area contributed by atoms with Crippen molar-refractivity contribution in [1.29, 1.82) is 0 Å². The Labute approximate surface area is 238 Å². The maximum Gasteiger partial charge on any atom is 0.255 e. The zero-order valence-corrected chi connectivity index (χ0v) is 23.4. The molecule has 2 N–H and O–H groups in total. The zero-order valence-electron chi connectivity index (χ0n) is 22.6. The van der Waals surface area contributed by atoms with Gasteiger partial charge in [0.15, 0.2) is 0 Å². The summed E-state index contributed by atoms with van der Waals surface area (Å²) in [5.41, 5.74) is 3.37. The molecule has 2 aliphatic rings. The van der Waals surface area contributed by atoms with E-state index in [1.165, 1.54) is 4.90 Å². The number of methoxy groups -OCH3 is 1. The SMILES string of the molecule is COc1cccc([C@@H](CO)NC(=O)CN2C(=O)c3cc(-c4nc(CC5CCOCC5)ncc4Cl)ccc3[C@H]2C)c1. The van der Waals surface area contributed by atoms with E-state index in [2.05, 4.69) is 10.3 Å². The van der Waals surface area contributed by atoms with Crippen molar-refractivity contribution in [3.8, 4) is 17.0 Å². The number of fused-ring (bicyclic) bond motifs is 1. The minimum absolute atomic E-state index is 0.145. The number of nitrogens with zero attached hydrogens (tertiary/aromatic N) is 3. The molecule has 2 aliphatic heterocycles. The van der Waals surface area contributed by atoms with Gasteiger partial charge in [0.1, 0.15) is 18.1 Å². The van der Waals surface area contributed by atoms with Gasteiger partial charge in [-0.2, -0.15) is 0 Å². The van der Waals surface area contributed by atoms with E-state index in [1.54, 1.807) is 43.6 Å². The zero-order chi connectivity index (χ0) is 28.2. The largest absolute Gasteiger partial charge is 0.497 e. The van der Waals surface area contributed by atoms with E-state index in [0.717, 1.165) is 49.4 Å². The van der Waals surface area contributed by atoms with Crippen molar-refractivity contribution in [3.63, 3.8) is 0 Å². The van der Waals surface area contributed by atoms with Crippen molar-refractivity contribution >= 4 is 23.4 Å². The number of halogens is 1. The highest BCUT2D eigenvalue weighted by molar-refractivity contribution is 6.32. The molecular weight excluding hydrogens is 532 g/mol. The molecule has 0 bridgehead atoms. The normalized spacial score (nSPS) is 17.9. The second-order valence-electron chi connectivity index (χ2n) is 10.2. The molecule has 210 valence electrons. The van der Waals surface area contributed by atoms with Gasteiger partial charge in [0.25, 0.3) is 5.91 Å². The highest BCUT2D eigenvalue weighted by Crippen LogP contribution is 2.37. The van der Waals surface area contributed by atoms with Crippen molar-refractivity contribution in [2.75, 3.05) is 33.5 Å². The molecule has 0 spiro atoms. The maximum atomic E-state index is 13.5. The van der Waals surface area contributed by atoms with Crippen LogP contribution in [0.2, 0.25) is 5.02 Å². The molecule has 0 aliphatic carbocycles. The summed E-state index contributed by atoms with van der Waals surface area (Å²) in [7, 11) is 1.56. The second-order valence-corrected chi connectivity index (χ2v) is 10.6. The quantitative estimate of drug-likeness (QED) is 0.401. The smallest absolute Gasteiger partial charge is 0.255 e. The van der Waals surface area contributed by atoms with Crippen molar-refractivity contribution < 1.29 is 24.2 Å². The van der Waals surface area contributed by atoms with Crippen LogP contribution in [0.15, 0.2) is 48.7 Å². The molecule has 10 heteroatoms. The van der Waals surface area contributed by atoms with E-state index >= 15 is 0 Å². The number of hydrogen-bond acceptors (Lipinski definition) is 7. The summed E-state index contributed by atoms with van der Waals surface area (Å²) in [5.74, 6) is 1.21. The molecule has 0 saturated carbocycles. The van der Waals surface area contributed by atoms with E-state index in [9.17, 15) is 14.7 Å². The second kappa shape index (κ2) is 12.3. The number of hydrogen-bond donors (Lipinski definition) is 2. The highest BCUT2D eigenvalue weighted by atomic mass is 35.5. The first-order valence-corrected chi connectivity index (χ1v) is 13.8. The third-order valence-corrected chi connectivity index (χ3v) is 7.95. The van der Waals surface area contributed by atoms with Crippen molar-refractivity contribution in [3.05, 3.63) is 76.2 Å². The van der Waals surface area contributed by atoms with Gasteiger partial charge >= 0.3 is 0 Å². The van der Waals surface area contributed by atoms with Crippen LogP contribution in [-0.4, -0.2) is 65.3 Å². The van der Waals surface area contributed by atoms with Crippen molar-refractivity contribution in [2.24, 2.45) is 5.92 Å². The molecule has 1 fully saturated rings. The highest BCUT2D eigenvalue weighted by Gasteiger charge is 2.35. The molecule has 40 heavy (non-hydrogen) atoms. The van der Waals surface area contributed by atoms with Gasteiger partial charge in [-0.1, -0.05) is 35.9 Å². The molecule has 0 unspecified atom stereocenters. The summed E-state index contributed by atoms with van der Waals surface area (Å²) in [6, 6.07) is 11.8. The Balaban J connectivity index is 1.30. The van der Waals surface area contributed by atoms with Crippen LogP contribution in [0.25, 0.3) is 11.3 Å². The van der Waals surface area contributed by atoms with Crippen LogP contribution >= 0.6 is 11.6 Å². The number of aliphatic hydroxyl groups is 1. The molecule has 3 aromatic rings. The third-order valence-electron chi connectivity index (χ3n) is 7.67. The average molecular weight is 565 g/mol. The number of carbonyl (C=O) groups excluding carboxylic acids is 2. The first-order chi connectivity index (χ1) is 19.4. The van der Waals surface area contributed by atoms with Crippen molar-refractivity contribution in [1.82, 2.24) is 20.2 Å². The predicted molar refractivity (Wildman–Crippen MR) is 150 cm³/mol. The van der Waals surface area contributed by atoms with Crippen LogP contribution in [0, 0.1) is 5.92 Å². The molecule has 1 saturated heterocycles. The average Bonchev–Trinajstić information content (AvgIpc) is 3.21. The lowest BCUT2D eigenvalue weighted by atomic mass is 9.96. The topological polar surface area (TPSA) is 114 Å². The Morgan fingerprint density at radius 2 is 2.05 bits per heavy atom. The van der Waals surface area contributed by atoms with Gasteiger partial charge in [-0.25, -0.2) is 9.97 Å². The number of aliphatic hydroxyl groups excluding tert-OH is 1. The molecule has 2 aromatic carbocycles. The lowest BCUT2D eigenvalue weighted by molar-refractivity contribution is -0.123. The Hall–Kier alpha value is -3.53. The fourth-order valence-electron chi connectivity index (χ4n) is 5.36. The third kappa shape index (κ3) is 5.96. The molecule has 2 amide bonds. The standard InChI is InChI=1S/C30H33ClN4O5/c1-18-23-7-6-21(29-25(31)15-32-27(34-29)12-19-8-10-40-11-9-19)14-24(23)30(38)35(18)16-28(37)33-26(17-36)20-4-3-5-22(13-20)39-2/h3-7,13-15,18-19,26,36H,8-12,16-17H2,1-2H3,(H,33,37)/t18-,26-/m1/s1. The Bertz CT molecular complexity index is 1390. The van der Waals surface area contributed by atoms with Gasteiger partial charge in [-0.15, -0.1) is 0 Å². The van der Waals surface area contributed by atoms with Crippen LogP contribution in [0.1, 0.15) is 59.2 Å². The van der Waals surface area contributed by atoms with E-state index in [-0.39, 0.29) is 31.0 Å². The minimum Gasteiger partial charge on any atom is -0.497 e. The molecule has 2 atom stereocenters. The first-order valence-electron chi connectivity index (χ1n) is 13.5. The lowest BCUT2D eigenvalue weighted by Crippen LogP contribution is -2.41. The first kappa shape index (κ1) is 28.0. The van der Waals surface area contributed by atoms with E-state index in [0.29, 0.717) is 33.5 Å². The number of rotatable bonds is 9. The van der Waals surface area contributed by atoms with Crippen LogP contribution in [0.3, 0.4) is 0 Å². The monoisotopic (exact) mass is 564 g/mol. The Kier molecular flexibility index (Phi) is 8.63. The molecule has 1 aromatic heterocycles. The lowest BCUT2D eigenvalue weighted by Gasteiger charge is -2.23. The van der Waals surface area contributed by atoms with Gasteiger partial charge < -0.3 is 24.8 Å². The number of aromatic nitrogens is 2. The van der Waals surface area contributed by atoms with E-state index in [4.69, 9.17) is 26.1 Å². The summed E-state index contributed by atoms with van der Waals surface area (Å²) in [5, 5.41) is 13.2. The van der Waals surface area contributed by atoms with Gasteiger partial charge in [0.05, 0.1) is 36.5 Å². The molecule has 9 nitrogen and oxygen atoms in total. The summed E-state index contributed by atoms with van der Waals surface area (Å²) in [6.45, 7) is 2.97. The summed E-state index contributed by atoms with van der Waals surface area (Å²) < 4.78 is 10.7. The fourth-order valence-corrected chi connectivity index (χ4v) is 5.56. The number of benzene rings is 2. The van der Waals surface area contributed by atoms with Crippen molar-refractivity contribution in [2.45, 2.75) is 38.3 Å². The minimum atomic E-state index is -0.625. The van der Waals surface area contributed by atoms with Gasteiger partial charge in [0, 0.05) is 37.0 Å². The molecule has 5 rings (SSSR count). The molecule has 3 heterocycles. The summed E-state index contributed by atoms with van der Waals surface area (Å²) >= 11 is 6.50. The van der Waals surface area contributed by atoms with Crippen LogP contribution in [0.5, 0.6) is 5.75 Å². The summed E-state index contributed by atoms with van der Waals surface area (Å²) in [4.78, 5) is 37.2. The van der Waals surface area contributed by atoms with E-state index < -0.39 is 6.04 Å². The fraction of sp³-hybridized carbons (Fsp3) is 0.400. The number of amides is 2.